The van der Waals surface area contributed by atoms with E-state index in [2.05, 4.69) is 84.9 Å². The van der Waals surface area contributed by atoms with Gasteiger partial charge in [0, 0.05) is 43.0 Å². The van der Waals surface area contributed by atoms with Crippen molar-refractivity contribution in [3.05, 3.63) is 158 Å². The number of benzene rings is 7. The van der Waals surface area contributed by atoms with Crippen molar-refractivity contribution in [3.63, 3.8) is 0 Å². The first-order valence-electron chi connectivity index (χ1n) is 14.2. The Bertz CT molecular complexity index is 2190. The second-order valence-electron chi connectivity index (χ2n) is 10.7. The lowest BCUT2D eigenvalue weighted by Crippen LogP contribution is -2.25. The predicted octanol–water partition coefficient (Wildman–Crippen LogP) is 9.00. The van der Waals surface area contributed by atoms with Crippen LogP contribution in [-0.2, 0) is 4.57 Å². The molecule has 0 fully saturated rings. The van der Waals surface area contributed by atoms with Crippen molar-refractivity contribution >= 4 is 66.4 Å². The van der Waals surface area contributed by atoms with Gasteiger partial charge in [-0.3, -0.25) is 0 Å². The molecule has 0 aliphatic carbocycles. The van der Waals surface area contributed by atoms with Gasteiger partial charge in [-0.1, -0.05) is 152 Å². The van der Waals surface area contributed by atoms with E-state index in [1.54, 1.807) is 0 Å². The van der Waals surface area contributed by atoms with Gasteiger partial charge in [-0.05, 0) is 22.4 Å². The van der Waals surface area contributed by atoms with Crippen molar-refractivity contribution < 1.29 is 4.57 Å². The normalized spacial score (nSPS) is 11.9. The van der Waals surface area contributed by atoms with Gasteiger partial charge < -0.3 is 4.57 Å². The maximum Gasteiger partial charge on any atom is 0.171 e. The summed E-state index contributed by atoms with van der Waals surface area (Å²) in [6.45, 7) is 0. The largest absolute Gasteiger partial charge is 0.309 e. The molecule has 0 amide bonds. The van der Waals surface area contributed by atoms with E-state index in [1.165, 1.54) is 0 Å². The van der Waals surface area contributed by atoms with E-state index in [0.717, 1.165) is 70.4 Å². The third kappa shape index (κ3) is 3.80. The average molecular weight is 556 g/mol. The Hall–Kier alpha value is -5.04. The molecule has 1 aromatic heterocycles. The van der Waals surface area contributed by atoms with Crippen LogP contribution >= 0.6 is 7.14 Å². The molecule has 8 aromatic rings. The second kappa shape index (κ2) is 9.80. The topological polar surface area (TPSA) is 30.0 Å². The van der Waals surface area contributed by atoms with Crippen molar-refractivity contribution in [1.29, 1.82) is 0 Å². The number of hydrogen-bond donors (Lipinski definition) is 0. The molecule has 0 bridgehead atoms. The van der Waals surface area contributed by atoms with E-state index in [9.17, 15) is 0 Å². The van der Waals surface area contributed by atoms with Crippen molar-refractivity contribution in [1.82, 2.24) is 4.98 Å². The van der Waals surface area contributed by atoms with Gasteiger partial charge >= 0.3 is 0 Å². The molecule has 1 heterocycles. The predicted molar refractivity (Wildman–Crippen MR) is 179 cm³/mol. The third-order valence-electron chi connectivity index (χ3n) is 8.30. The monoisotopic (exact) mass is 555 g/mol. The zero-order chi connectivity index (χ0) is 28.1. The van der Waals surface area contributed by atoms with Crippen LogP contribution in [-0.4, -0.2) is 4.98 Å². The lowest BCUT2D eigenvalue weighted by Gasteiger charge is -2.21. The second-order valence-corrected chi connectivity index (χ2v) is 13.5. The first-order chi connectivity index (χ1) is 20.7. The van der Waals surface area contributed by atoms with Gasteiger partial charge in [0.25, 0.3) is 0 Å². The number of rotatable bonds is 4. The Morgan fingerprint density at radius 2 is 0.881 bits per heavy atom. The molecular weight excluding hydrogens is 529 g/mol. The minimum Gasteiger partial charge on any atom is -0.309 e. The molecule has 0 N–H and O–H groups in total. The summed E-state index contributed by atoms with van der Waals surface area (Å²) in [5, 5.41) is 9.22. The van der Waals surface area contributed by atoms with E-state index >= 15 is 4.57 Å². The van der Waals surface area contributed by atoms with E-state index in [0.29, 0.717) is 0 Å². The zero-order valence-corrected chi connectivity index (χ0v) is 23.7. The highest BCUT2D eigenvalue weighted by Gasteiger charge is 2.30. The van der Waals surface area contributed by atoms with Crippen LogP contribution in [0.2, 0.25) is 0 Å². The quantitative estimate of drug-likeness (QED) is 0.123. The minimum atomic E-state index is -3.14. The van der Waals surface area contributed by atoms with E-state index in [4.69, 9.17) is 4.98 Å². The van der Waals surface area contributed by atoms with Crippen LogP contribution in [0.25, 0.3) is 54.5 Å². The van der Waals surface area contributed by atoms with Crippen LogP contribution in [0, 0.1) is 0 Å². The summed E-state index contributed by atoms with van der Waals surface area (Å²) in [6, 6.07) is 53.7. The van der Waals surface area contributed by atoms with Crippen LogP contribution < -0.4 is 15.9 Å². The highest BCUT2D eigenvalue weighted by molar-refractivity contribution is 7.85. The molecule has 3 heteroatoms. The molecule has 7 aromatic carbocycles. The molecule has 0 spiro atoms. The molecule has 0 saturated carbocycles. The first-order valence-corrected chi connectivity index (χ1v) is 15.9. The van der Waals surface area contributed by atoms with Gasteiger partial charge in [-0.25, -0.2) is 4.98 Å². The third-order valence-corrected chi connectivity index (χ3v) is 11.4. The van der Waals surface area contributed by atoms with E-state index in [1.807, 2.05) is 72.8 Å². The van der Waals surface area contributed by atoms with Gasteiger partial charge in [0.1, 0.15) is 0 Å². The number of aromatic nitrogens is 1. The van der Waals surface area contributed by atoms with Crippen LogP contribution in [0.15, 0.2) is 158 Å². The molecule has 0 aliphatic heterocycles. The van der Waals surface area contributed by atoms with Gasteiger partial charge in [0.2, 0.25) is 0 Å². The van der Waals surface area contributed by atoms with Gasteiger partial charge in [0.15, 0.2) is 7.14 Å². The summed E-state index contributed by atoms with van der Waals surface area (Å²) in [4.78, 5) is 5.33. The summed E-state index contributed by atoms with van der Waals surface area (Å²) < 4.78 is 15.3. The smallest absolute Gasteiger partial charge is 0.171 e. The van der Waals surface area contributed by atoms with Crippen LogP contribution in [0.5, 0.6) is 0 Å². The molecule has 8 rings (SSSR count). The fourth-order valence-corrected chi connectivity index (χ4v) is 9.00. The SMILES string of the molecule is O=P(c1ccccc1)(c1ccccc1)c1cccc(-c2c3ccc4ccccc4c3nc3c2ccc2ccccc23)c1. The minimum absolute atomic E-state index is 0.817. The summed E-state index contributed by atoms with van der Waals surface area (Å²) in [5.41, 5.74) is 4.10. The molecule has 42 heavy (non-hydrogen) atoms. The summed E-state index contributed by atoms with van der Waals surface area (Å²) in [5.74, 6) is 0. The number of hydrogen-bond acceptors (Lipinski definition) is 2. The van der Waals surface area contributed by atoms with E-state index in [-0.39, 0.29) is 0 Å². The average Bonchev–Trinajstić information content (AvgIpc) is 3.07. The van der Waals surface area contributed by atoms with Crippen LogP contribution in [0.3, 0.4) is 0 Å². The van der Waals surface area contributed by atoms with Crippen molar-refractivity contribution in [3.8, 4) is 11.1 Å². The lowest BCUT2D eigenvalue weighted by atomic mass is 9.92. The molecule has 2 nitrogen and oxygen atoms in total. The van der Waals surface area contributed by atoms with Gasteiger partial charge in [0.05, 0.1) is 11.0 Å². The molecule has 0 unspecified atom stereocenters. The molecule has 0 aliphatic rings. The van der Waals surface area contributed by atoms with E-state index < -0.39 is 7.14 Å². The van der Waals surface area contributed by atoms with Crippen molar-refractivity contribution in [2.24, 2.45) is 0 Å². The van der Waals surface area contributed by atoms with Crippen molar-refractivity contribution in [2.75, 3.05) is 0 Å². The molecule has 198 valence electrons. The zero-order valence-electron chi connectivity index (χ0n) is 22.8. The molecule has 0 atom stereocenters. The Balaban J connectivity index is 1.48. The van der Waals surface area contributed by atoms with Gasteiger partial charge in [-0.15, -0.1) is 0 Å². The Kier molecular flexibility index (Phi) is 5.77. The van der Waals surface area contributed by atoms with Crippen molar-refractivity contribution in [2.45, 2.75) is 0 Å². The highest BCUT2D eigenvalue weighted by Crippen LogP contribution is 2.45. The number of nitrogens with zero attached hydrogens (tertiary/aromatic N) is 1. The maximum atomic E-state index is 15.3. The van der Waals surface area contributed by atoms with Gasteiger partial charge in [-0.2, -0.15) is 0 Å². The molecule has 0 saturated heterocycles. The standard InChI is InChI=1S/C39H26NOP/c41-42(30-15-3-1-4-16-30,31-17-5-2-6-18-31)32-19-11-14-29(26-32)37-35-24-22-27-12-7-9-20-33(27)38(35)40-39-34-21-10-8-13-28(34)23-25-36(37)39/h1-26H. The maximum absolute atomic E-state index is 15.3. The molecule has 0 radical (unpaired) electrons. The summed E-state index contributed by atoms with van der Waals surface area (Å²) >= 11 is 0. The highest BCUT2D eigenvalue weighted by atomic mass is 31.2. The molecular formula is C39H26NOP. The number of fused-ring (bicyclic) bond motifs is 6. The van der Waals surface area contributed by atoms with Crippen LogP contribution in [0.1, 0.15) is 0 Å². The number of pyridine rings is 1. The Labute approximate surface area is 244 Å². The Morgan fingerprint density at radius 1 is 0.405 bits per heavy atom. The summed E-state index contributed by atoms with van der Waals surface area (Å²) in [7, 11) is -3.14. The fraction of sp³-hybridized carbons (Fsp3) is 0. The Morgan fingerprint density at radius 3 is 1.43 bits per heavy atom. The fourth-order valence-electron chi connectivity index (χ4n) is 6.30. The lowest BCUT2D eigenvalue weighted by molar-refractivity contribution is 0.592. The summed E-state index contributed by atoms with van der Waals surface area (Å²) in [6.07, 6.45) is 0. The first kappa shape index (κ1) is 24.7. The van der Waals surface area contributed by atoms with Crippen LogP contribution in [0.4, 0.5) is 0 Å².